The van der Waals surface area contributed by atoms with E-state index >= 15 is 0 Å². The van der Waals surface area contributed by atoms with Crippen LogP contribution in [0.4, 0.5) is 18.9 Å². The average molecular weight is 262 g/mol. The lowest BCUT2D eigenvalue weighted by Crippen LogP contribution is -2.32. The van der Waals surface area contributed by atoms with Gasteiger partial charge in [0.15, 0.2) is 0 Å². The van der Waals surface area contributed by atoms with E-state index in [0.29, 0.717) is 31.0 Å². The fourth-order valence-electron chi connectivity index (χ4n) is 1.51. The van der Waals surface area contributed by atoms with Crippen LogP contribution in [0, 0.1) is 0 Å². The molecule has 18 heavy (non-hydrogen) atoms. The van der Waals surface area contributed by atoms with E-state index in [9.17, 15) is 13.2 Å². The van der Waals surface area contributed by atoms with Crippen LogP contribution in [0.3, 0.4) is 0 Å². The molecular weight excluding hydrogens is 245 g/mol. The number of ether oxygens (including phenoxy) is 1. The summed E-state index contributed by atoms with van der Waals surface area (Å²) in [5, 5.41) is 0. The van der Waals surface area contributed by atoms with E-state index in [1.54, 1.807) is 24.3 Å². The molecule has 1 rings (SSSR count). The molecule has 0 spiro atoms. The van der Waals surface area contributed by atoms with Crippen LogP contribution in [0.5, 0.6) is 5.75 Å². The number of halogens is 3. The molecule has 0 aliphatic heterocycles. The van der Waals surface area contributed by atoms with Crippen molar-refractivity contribution in [3.8, 4) is 5.75 Å². The van der Waals surface area contributed by atoms with Gasteiger partial charge in [0.25, 0.3) is 0 Å². The number of nitrogen functional groups attached to an aromatic ring is 1. The summed E-state index contributed by atoms with van der Waals surface area (Å²) in [6, 6.07) is 7.03. The first-order valence-corrected chi connectivity index (χ1v) is 5.61. The van der Waals surface area contributed by atoms with Crippen molar-refractivity contribution >= 4 is 5.69 Å². The van der Waals surface area contributed by atoms with Crippen LogP contribution < -0.4 is 10.5 Å². The highest BCUT2D eigenvalue weighted by Crippen LogP contribution is 2.20. The molecule has 0 bridgehead atoms. The molecule has 0 aliphatic carbocycles. The van der Waals surface area contributed by atoms with Crippen molar-refractivity contribution in [2.75, 3.05) is 32.5 Å². The lowest BCUT2D eigenvalue weighted by molar-refractivity contribution is -0.143. The van der Waals surface area contributed by atoms with Crippen molar-refractivity contribution in [1.29, 1.82) is 0 Å². The molecule has 0 atom stereocenters. The molecule has 0 aromatic heterocycles. The Bertz CT molecular complexity index is 369. The van der Waals surface area contributed by atoms with E-state index in [-0.39, 0.29) is 0 Å². The first kappa shape index (κ1) is 14.6. The first-order valence-electron chi connectivity index (χ1n) is 5.61. The number of benzene rings is 1. The largest absolute Gasteiger partial charge is 0.491 e. The molecule has 0 amide bonds. The molecular formula is C12H17F3N2O. The molecule has 0 radical (unpaired) electrons. The van der Waals surface area contributed by atoms with Crippen LogP contribution >= 0.6 is 0 Å². The highest BCUT2D eigenvalue weighted by Gasteiger charge is 2.28. The third-order valence-corrected chi connectivity index (χ3v) is 2.31. The molecule has 0 saturated carbocycles. The van der Waals surface area contributed by atoms with E-state index in [1.165, 1.54) is 11.9 Å². The maximum Gasteiger partial charge on any atom is 0.401 e. The van der Waals surface area contributed by atoms with Crippen molar-refractivity contribution in [3.63, 3.8) is 0 Å². The lowest BCUT2D eigenvalue weighted by atomic mass is 10.3. The van der Waals surface area contributed by atoms with Crippen molar-refractivity contribution in [3.05, 3.63) is 24.3 Å². The molecule has 3 nitrogen and oxygen atoms in total. The minimum absolute atomic E-state index is 0.326. The predicted octanol–water partition coefficient (Wildman–Crippen LogP) is 2.53. The van der Waals surface area contributed by atoms with Gasteiger partial charge in [0.2, 0.25) is 0 Å². The van der Waals surface area contributed by atoms with E-state index in [4.69, 9.17) is 10.5 Å². The van der Waals surface area contributed by atoms with Crippen LogP contribution in [0.1, 0.15) is 6.42 Å². The lowest BCUT2D eigenvalue weighted by Gasteiger charge is -2.18. The van der Waals surface area contributed by atoms with E-state index in [2.05, 4.69) is 0 Å². The number of nitrogens with zero attached hydrogens (tertiary/aromatic N) is 1. The Balaban J connectivity index is 2.21. The fraction of sp³-hybridized carbons (Fsp3) is 0.500. The Morgan fingerprint density at radius 3 is 2.56 bits per heavy atom. The van der Waals surface area contributed by atoms with Gasteiger partial charge >= 0.3 is 6.18 Å². The summed E-state index contributed by atoms with van der Waals surface area (Å²) in [7, 11) is 1.43. The molecule has 1 aromatic carbocycles. The van der Waals surface area contributed by atoms with E-state index in [1.807, 2.05) is 0 Å². The second-order valence-electron chi connectivity index (χ2n) is 4.09. The van der Waals surface area contributed by atoms with Crippen LogP contribution in [0.15, 0.2) is 24.3 Å². The van der Waals surface area contributed by atoms with Crippen LogP contribution in [-0.4, -0.2) is 37.8 Å². The summed E-state index contributed by atoms with van der Waals surface area (Å²) >= 11 is 0. The van der Waals surface area contributed by atoms with Crippen LogP contribution in [-0.2, 0) is 0 Å². The SMILES string of the molecule is CN(CCCOc1ccccc1N)CC(F)(F)F. The molecule has 102 valence electrons. The Morgan fingerprint density at radius 1 is 1.28 bits per heavy atom. The normalized spacial score (nSPS) is 11.8. The maximum atomic E-state index is 12.0. The van der Waals surface area contributed by atoms with Crippen molar-refractivity contribution < 1.29 is 17.9 Å². The van der Waals surface area contributed by atoms with Gasteiger partial charge in [0.05, 0.1) is 18.8 Å². The van der Waals surface area contributed by atoms with Gasteiger partial charge < -0.3 is 10.5 Å². The average Bonchev–Trinajstić information content (AvgIpc) is 2.24. The summed E-state index contributed by atoms with van der Waals surface area (Å²) < 4.78 is 41.5. The van der Waals surface area contributed by atoms with Gasteiger partial charge in [-0.3, -0.25) is 4.90 Å². The van der Waals surface area contributed by atoms with Gasteiger partial charge in [-0.05, 0) is 25.6 Å². The highest BCUT2D eigenvalue weighted by molar-refractivity contribution is 5.51. The van der Waals surface area contributed by atoms with Crippen molar-refractivity contribution in [2.45, 2.75) is 12.6 Å². The van der Waals surface area contributed by atoms with Crippen LogP contribution in [0.2, 0.25) is 0 Å². The predicted molar refractivity (Wildman–Crippen MR) is 64.5 cm³/mol. The highest BCUT2D eigenvalue weighted by atomic mass is 19.4. The molecule has 0 fully saturated rings. The minimum Gasteiger partial charge on any atom is -0.491 e. The third-order valence-electron chi connectivity index (χ3n) is 2.31. The van der Waals surface area contributed by atoms with Crippen LogP contribution in [0.25, 0.3) is 0 Å². The monoisotopic (exact) mass is 262 g/mol. The van der Waals surface area contributed by atoms with Gasteiger partial charge in [-0.25, -0.2) is 0 Å². The second-order valence-corrected chi connectivity index (χ2v) is 4.09. The molecule has 0 unspecified atom stereocenters. The summed E-state index contributed by atoms with van der Waals surface area (Å²) in [6.07, 6.45) is -3.64. The Kier molecular flexibility index (Phi) is 5.27. The summed E-state index contributed by atoms with van der Waals surface area (Å²) in [4.78, 5) is 1.22. The van der Waals surface area contributed by atoms with Gasteiger partial charge in [0.1, 0.15) is 5.75 Å². The zero-order chi connectivity index (χ0) is 13.6. The molecule has 2 N–H and O–H groups in total. The quantitative estimate of drug-likeness (QED) is 0.632. The number of rotatable bonds is 6. The van der Waals surface area contributed by atoms with Gasteiger partial charge in [-0.1, -0.05) is 12.1 Å². The second kappa shape index (κ2) is 6.49. The zero-order valence-corrected chi connectivity index (χ0v) is 10.2. The standard InChI is InChI=1S/C12H17F3N2O/c1-17(9-12(13,14)15)7-4-8-18-11-6-3-2-5-10(11)16/h2-3,5-6H,4,7-9,16H2,1H3. The van der Waals surface area contributed by atoms with E-state index in [0.717, 1.165) is 0 Å². The Hall–Kier alpha value is -1.43. The maximum absolute atomic E-state index is 12.0. The van der Waals surface area contributed by atoms with Gasteiger partial charge in [-0.2, -0.15) is 13.2 Å². The fourth-order valence-corrected chi connectivity index (χ4v) is 1.51. The number of anilines is 1. The van der Waals surface area contributed by atoms with Crippen molar-refractivity contribution in [2.24, 2.45) is 0 Å². The molecule has 0 aliphatic rings. The first-order chi connectivity index (χ1) is 8.38. The molecule has 0 saturated heterocycles. The number of hydrogen-bond acceptors (Lipinski definition) is 3. The number of alkyl halides is 3. The van der Waals surface area contributed by atoms with Crippen molar-refractivity contribution in [1.82, 2.24) is 4.90 Å². The molecule has 0 heterocycles. The van der Waals surface area contributed by atoms with Gasteiger partial charge in [0, 0.05) is 6.54 Å². The number of nitrogens with two attached hydrogens (primary N) is 1. The zero-order valence-electron chi connectivity index (χ0n) is 10.2. The molecule has 1 aromatic rings. The summed E-state index contributed by atoms with van der Waals surface area (Å²) in [5.41, 5.74) is 6.19. The Labute approximate surface area is 104 Å². The topological polar surface area (TPSA) is 38.5 Å². The number of para-hydroxylation sites is 2. The van der Waals surface area contributed by atoms with Gasteiger partial charge in [-0.15, -0.1) is 0 Å². The third kappa shape index (κ3) is 5.77. The van der Waals surface area contributed by atoms with E-state index < -0.39 is 12.7 Å². The minimum atomic E-state index is -4.15. The number of hydrogen-bond donors (Lipinski definition) is 1. The Morgan fingerprint density at radius 2 is 1.94 bits per heavy atom. The molecule has 6 heteroatoms. The summed E-state index contributed by atoms with van der Waals surface area (Å²) in [5.74, 6) is 0.566. The summed E-state index contributed by atoms with van der Waals surface area (Å²) in [6.45, 7) is -0.233. The smallest absolute Gasteiger partial charge is 0.401 e.